The summed E-state index contributed by atoms with van der Waals surface area (Å²) >= 11 is 0. The maximum Gasteiger partial charge on any atom is 0.414 e. The number of hydrogen-bond donors (Lipinski definition) is 1. The van der Waals surface area contributed by atoms with E-state index in [2.05, 4.69) is 5.32 Å². The highest BCUT2D eigenvalue weighted by molar-refractivity contribution is 6.07. The summed E-state index contributed by atoms with van der Waals surface area (Å²) in [4.78, 5) is 37.3. The molecule has 0 radical (unpaired) electrons. The average molecular weight is 367 g/mol. The van der Waals surface area contributed by atoms with Crippen LogP contribution in [-0.2, 0) is 26.7 Å². The average Bonchev–Trinajstić information content (AvgIpc) is 3.04. The highest BCUT2D eigenvalue weighted by Gasteiger charge is 2.53. The maximum atomic E-state index is 14.5. The molecule has 1 N–H and O–H groups in total. The number of halogens is 2. The Hall–Kier alpha value is -2.71. The van der Waals surface area contributed by atoms with Gasteiger partial charge in [-0.05, 0) is 24.1 Å². The first-order valence-corrected chi connectivity index (χ1v) is 8.23. The Kier molecular flexibility index (Phi) is 4.33. The lowest BCUT2D eigenvalue weighted by atomic mass is 9.97. The van der Waals surface area contributed by atoms with Crippen LogP contribution in [-0.4, -0.2) is 44.1 Å². The van der Waals surface area contributed by atoms with Gasteiger partial charge in [-0.25, -0.2) is 4.79 Å². The van der Waals surface area contributed by atoms with Gasteiger partial charge in [0, 0.05) is 14.0 Å². The van der Waals surface area contributed by atoms with Crippen LogP contribution >= 0.6 is 0 Å². The second kappa shape index (κ2) is 6.22. The van der Waals surface area contributed by atoms with Gasteiger partial charge in [0.25, 0.3) is 0 Å². The van der Waals surface area contributed by atoms with Crippen molar-refractivity contribution in [3.8, 4) is 0 Å². The molecule has 2 aliphatic rings. The maximum absolute atomic E-state index is 14.5. The predicted molar refractivity (Wildman–Crippen MR) is 89.4 cm³/mol. The molecule has 0 bridgehead atoms. The van der Waals surface area contributed by atoms with E-state index in [-0.39, 0.29) is 42.2 Å². The van der Waals surface area contributed by atoms with Gasteiger partial charge >= 0.3 is 17.9 Å². The van der Waals surface area contributed by atoms with Gasteiger partial charge in [-0.2, -0.15) is 8.78 Å². The lowest BCUT2D eigenvalue weighted by molar-refractivity contribution is -0.141. The molecule has 0 unspecified atom stereocenters. The number of rotatable bonds is 4. The second-order valence-corrected chi connectivity index (χ2v) is 6.30. The first kappa shape index (κ1) is 18.1. The third-order valence-electron chi connectivity index (χ3n) is 4.61. The first-order chi connectivity index (χ1) is 12.2. The molecule has 2 aliphatic heterocycles. The molecule has 1 aromatic carbocycles. The van der Waals surface area contributed by atoms with Crippen molar-refractivity contribution < 1.29 is 27.9 Å². The van der Waals surface area contributed by atoms with Crippen LogP contribution in [0.2, 0.25) is 0 Å². The van der Waals surface area contributed by atoms with Crippen LogP contribution in [0.15, 0.2) is 12.1 Å². The van der Waals surface area contributed by atoms with Crippen molar-refractivity contribution in [1.82, 2.24) is 5.32 Å². The Labute approximate surface area is 148 Å². The topological polar surface area (TPSA) is 79.0 Å². The number of ether oxygens (including phenoxy) is 1. The van der Waals surface area contributed by atoms with E-state index in [1.165, 1.54) is 24.9 Å². The number of benzene rings is 1. The minimum Gasteiger partial charge on any atom is -0.442 e. The second-order valence-electron chi connectivity index (χ2n) is 6.30. The summed E-state index contributed by atoms with van der Waals surface area (Å²) in [5.74, 6) is -5.18. The Bertz CT molecular complexity index is 796. The summed E-state index contributed by atoms with van der Waals surface area (Å²) in [7, 11) is 1.30. The quantitative estimate of drug-likeness (QED) is 0.880. The zero-order chi connectivity index (χ0) is 19.2. The van der Waals surface area contributed by atoms with Crippen molar-refractivity contribution in [3.63, 3.8) is 0 Å². The molecule has 26 heavy (non-hydrogen) atoms. The number of alkyl halides is 2. The van der Waals surface area contributed by atoms with E-state index in [4.69, 9.17) is 4.74 Å². The van der Waals surface area contributed by atoms with Gasteiger partial charge < -0.3 is 15.0 Å². The minimum absolute atomic E-state index is 0.125. The van der Waals surface area contributed by atoms with Crippen molar-refractivity contribution in [2.45, 2.75) is 32.3 Å². The van der Waals surface area contributed by atoms with Gasteiger partial charge in [0.1, 0.15) is 6.10 Å². The van der Waals surface area contributed by atoms with E-state index < -0.39 is 24.0 Å². The molecule has 9 heteroatoms. The molecule has 1 saturated heterocycles. The van der Waals surface area contributed by atoms with Crippen molar-refractivity contribution in [2.75, 3.05) is 29.9 Å². The van der Waals surface area contributed by atoms with Gasteiger partial charge in [-0.1, -0.05) is 6.92 Å². The van der Waals surface area contributed by atoms with Crippen molar-refractivity contribution >= 4 is 29.3 Å². The number of carbonyl (C=O) groups excluding carboxylic acids is 3. The number of fused-ring (bicyclic) bond motifs is 1. The van der Waals surface area contributed by atoms with E-state index >= 15 is 0 Å². The van der Waals surface area contributed by atoms with Gasteiger partial charge in [0.05, 0.1) is 30.0 Å². The van der Waals surface area contributed by atoms with Crippen molar-refractivity contribution in [1.29, 1.82) is 0 Å². The molecular weight excluding hydrogens is 348 g/mol. The fraction of sp³-hybridized carbons (Fsp3) is 0.471. The molecule has 7 nitrogen and oxygen atoms in total. The van der Waals surface area contributed by atoms with Crippen LogP contribution in [0.3, 0.4) is 0 Å². The monoisotopic (exact) mass is 367 g/mol. The van der Waals surface area contributed by atoms with E-state index in [0.29, 0.717) is 5.69 Å². The highest BCUT2D eigenvalue weighted by Crippen LogP contribution is 2.48. The van der Waals surface area contributed by atoms with Gasteiger partial charge in [0.2, 0.25) is 5.91 Å². The molecule has 3 amide bonds. The number of likely N-dealkylation sites (N-methyl/N-ethyl adjacent to an activating group) is 1. The van der Waals surface area contributed by atoms with Crippen LogP contribution in [0, 0.1) is 0 Å². The fourth-order valence-corrected chi connectivity index (χ4v) is 3.37. The minimum atomic E-state index is -3.63. The largest absolute Gasteiger partial charge is 0.442 e. The Balaban J connectivity index is 1.98. The summed E-state index contributed by atoms with van der Waals surface area (Å²) < 4.78 is 34.2. The zero-order valence-corrected chi connectivity index (χ0v) is 14.6. The molecule has 3 rings (SSSR count). The molecule has 0 aromatic heterocycles. The summed E-state index contributed by atoms with van der Waals surface area (Å²) in [6.07, 6.45) is -1.03. The number of nitrogens with one attached hydrogen (secondary N) is 1. The molecule has 1 fully saturated rings. The number of amides is 3. The number of hydrogen-bond acceptors (Lipinski definition) is 4. The third kappa shape index (κ3) is 2.67. The Morgan fingerprint density at radius 1 is 1.35 bits per heavy atom. The highest BCUT2D eigenvalue weighted by atomic mass is 19.3. The zero-order valence-electron chi connectivity index (χ0n) is 14.6. The molecule has 1 atom stereocenters. The van der Waals surface area contributed by atoms with Crippen LogP contribution in [0.4, 0.5) is 25.0 Å². The Morgan fingerprint density at radius 3 is 2.62 bits per heavy atom. The van der Waals surface area contributed by atoms with E-state index in [9.17, 15) is 23.2 Å². The molecule has 1 aromatic rings. The first-order valence-electron chi connectivity index (χ1n) is 8.23. The molecule has 0 spiro atoms. The fourth-order valence-electron chi connectivity index (χ4n) is 3.37. The smallest absolute Gasteiger partial charge is 0.414 e. The number of cyclic esters (lactones) is 1. The lowest BCUT2D eigenvalue weighted by Gasteiger charge is -2.21. The van der Waals surface area contributed by atoms with Gasteiger partial charge in [0.15, 0.2) is 0 Å². The van der Waals surface area contributed by atoms with E-state index in [1.807, 2.05) is 0 Å². The Morgan fingerprint density at radius 2 is 2.00 bits per heavy atom. The number of nitrogens with zero attached hydrogens (tertiary/aromatic N) is 2. The van der Waals surface area contributed by atoms with Crippen LogP contribution in [0.25, 0.3) is 0 Å². The van der Waals surface area contributed by atoms with E-state index in [1.54, 1.807) is 13.0 Å². The molecular formula is C17H19F2N3O4. The van der Waals surface area contributed by atoms with Crippen molar-refractivity contribution in [3.05, 3.63) is 23.3 Å². The van der Waals surface area contributed by atoms with Crippen molar-refractivity contribution in [2.24, 2.45) is 0 Å². The number of carbonyl (C=O) groups is 3. The van der Waals surface area contributed by atoms with Crippen LogP contribution in [0.5, 0.6) is 0 Å². The summed E-state index contributed by atoms with van der Waals surface area (Å²) in [6, 6.07) is 2.96. The van der Waals surface area contributed by atoms with Gasteiger partial charge in [-0.15, -0.1) is 0 Å². The predicted octanol–water partition coefficient (Wildman–Crippen LogP) is 1.78. The third-order valence-corrected chi connectivity index (χ3v) is 4.61. The molecule has 0 aliphatic carbocycles. The van der Waals surface area contributed by atoms with Crippen LogP contribution in [0.1, 0.15) is 25.0 Å². The molecule has 0 saturated carbocycles. The van der Waals surface area contributed by atoms with Gasteiger partial charge in [-0.3, -0.25) is 14.5 Å². The molecule has 140 valence electrons. The molecule has 2 heterocycles. The lowest BCUT2D eigenvalue weighted by Crippen LogP contribution is -2.33. The SMILES string of the molecule is CCc1c(N2C[C@H](CNC(C)=O)OC2=O)ccc2c1C(F)(F)C(=O)N2C. The standard InChI is InChI=1S/C17H19F2N3O4/c1-4-11-12(22-8-10(26-16(22)25)7-20-9(2)23)5-6-13-14(11)17(18,19)15(24)21(13)3/h5-6,10H,4,7-8H2,1-3H3,(H,20,23)/t10-/m0/s1. The normalized spacial score (nSPS) is 21.0. The van der Waals surface area contributed by atoms with Crippen LogP contribution < -0.4 is 15.1 Å². The summed E-state index contributed by atoms with van der Waals surface area (Å²) in [5, 5.41) is 2.56. The van der Waals surface area contributed by atoms with E-state index in [0.717, 1.165) is 4.90 Å². The summed E-state index contributed by atoms with van der Waals surface area (Å²) in [5.41, 5.74) is 0.317. The summed E-state index contributed by atoms with van der Waals surface area (Å²) in [6.45, 7) is 3.30. The number of anilines is 2.